The van der Waals surface area contributed by atoms with Gasteiger partial charge in [-0.25, -0.2) is 13.8 Å². The van der Waals surface area contributed by atoms with Gasteiger partial charge in [-0.3, -0.25) is 10.00 Å². The van der Waals surface area contributed by atoms with E-state index in [2.05, 4.69) is 27.0 Å². The Bertz CT molecular complexity index is 788. The van der Waals surface area contributed by atoms with Crippen molar-refractivity contribution >= 4 is 22.6 Å². The topological polar surface area (TPSA) is 44.8 Å². The molecule has 23 heavy (non-hydrogen) atoms. The summed E-state index contributed by atoms with van der Waals surface area (Å²) in [5.74, 6) is 3.46. The first kappa shape index (κ1) is 16.2. The van der Waals surface area contributed by atoms with Gasteiger partial charge in [-0.15, -0.1) is 0 Å². The molecule has 1 N–H and O–H groups in total. The molecule has 0 aliphatic carbocycles. The maximum absolute atomic E-state index is 13.6. The van der Waals surface area contributed by atoms with Crippen LogP contribution in [0, 0.1) is 11.8 Å². The van der Waals surface area contributed by atoms with E-state index in [1.807, 2.05) is 13.8 Å². The van der Waals surface area contributed by atoms with Gasteiger partial charge in [0.2, 0.25) is 0 Å². The number of piperidine rings is 1. The van der Waals surface area contributed by atoms with Crippen LogP contribution in [0.25, 0.3) is 11.0 Å². The van der Waals surface area contributed by atoms with Crippen LogP contribution in [0.15, 0.2) is 12.1 Å². The van der Waals surface area contributed by atoms with E-state index >= 15 is 0 Å². The van der Waals surface area contributed by atoms with E-state index < -0.39 is 11.5 Å². The van der Waals surface area contributed by atoms with E-state index in [1.165, 1.54) is 0 Å². The van der Waals surface area contributed by atoms with E-state index in [1.54, 1.807) is 17.0 Å². The standard InChI is InChI=1S/C16H17ClF2N4/c1-15(2,23-9-3-7-16(18,19)10-23)8-6-12-11-4-5-13(17)20-14(11)22-21-12/h4-5H,3,7,9-10H2,1-2H3,(H,20,21,22). The van der Waals surface area contributed by atoms with Crippen molar-refractivity contribution in [1.82, 2.24) is 20.1 Å². The first-order valence-corrected chi connectivity index (χ1v) is 7.81. The molecule has 0 amide bonds. The minimum atomic E-state index is -2.64. The van der Waals surface area contributed by atoms with Crippen molar-refractivity contribution in [2.45, 2.75) is 38.2 Å². The number of pyridine rings is 1. The SMILES string of the molecule is CC(C)(C#Cc1[nH]nc2nc(Cl)ccc12)N1CCCC(F)(F)C1. The summed E-state index contributed by atoms with van der Waals surface area (Å²) in [5.41, 5.74) is 0.450. The third-order valence-electron chi connectivity index (χ3n) is 4.06. The Morgan fingerprint density at radius 2 is 2.17 bits per heavy atom. The Kier molecular flexibility index (Phi) is 4.03. The highest BCUT2D eigenvalue weighted by atomic mass is 35.5. The molecule has 0 radical (unpaired) electrons. The van der Waals surface area contributed by atoms with E-state index in [0.29, 0.717) is 29.5 Å². The highest BCUT2D eigenvalue weighted by Gasteiger charge is 2.40. The molecule has 0 aromatic carbocycles. The molecular weight excluding hydrogens is 322 g/mol. The van der Waals surface area contributed by atoms with Gasteiger partial charge in [0, 0.05) is 13.0 Å². The van der Waals surface area contributed by atoms with Crippen LogP contribution < -0.4 is 0 Å². The Morgan fingerprint density at radius 1 is 1.39 bits per heavy atom. The van der Waals surface area contributed by atoms with Crippen molar-refractivity contribution in [2.24, 2.45) is 0 Å². The average Bonchev–Trinajstić information content (AvgIpc) is 2.86. The fraction of sp³-hybridized carbons (Fsp3) is 0.500. The van der Waals surface area contributed by atoms with E-state index in [-0.39, 0.29) is 13.0 Å². The summed E-state index contributed by atoms with van der Waals surface area (Å²) < 4.78 is 27.2. The summed E-state index contributed by atoms with van der Waals surface area (Å²) in [6.45, 7) is 4.08. The van der Waals surface area contributed by atoms with Crippen LogP contribution in [0.2, 0.25) is 5.15 Å². The van der Waals surface area contributed by atoms with Gasteiger partial charge < -0.3 is 0 Å². The predicted octanol–water partition coefficient (Wildman–Crippen LogP) is 3.47. The summed E-state index contributed by atoms with van der Waals surface area (Å²) in [4.78, 5) is 5.83. The minimum Gasteiger partial charge on any atom is -0.282 e. The molecule has 0 spiro atoms. The molecule has 0 bridgehead atoms. The fourth-order valence-electron chi connectivity index (χ4n) is 2.71. The second-order valence-corrected chi connectivity index (χ2v) is 6.68. The molecule has 0 saturated carbocycles. The molecule has 1 aliphatic heterocycles. The summed E-state index contributed by atoms with van der Waals surface area (Å²) in [6, 6.07) is 3.46. The molecule has 1 fully saturated rings. The lowest BCUT2D eigenvalue weighted by Gasteiger charge is -2.40. The lowest BCUT2D eigenvalue weighted by Crippen LogP contribution is -2.52. The van der Waals surface area contributed by atoms with Crippen LogP contribution in [0.5, 0.6) is 0 Å². The zero-order chi connectivity index (χ0) is 16.7. The number of nitrogens with zero attached hydrogens (tertiary/aromatic N) is 3. The third-order valence-corrected chi connectivity index (χ3v) is 4.27. The Morgan fingerprint density at radius 3 is 2.91 bits per heavy atom. The number of aromatic amines is 1. The number of aromatic nitrogens is 3. The molecule has 122 valence electrons. The Balaban J connectivity index is 1.86. The van der Waals surface area contributed by atoms with Crippen LogP contribution >= 0.6 is 11.6 Å². The zero-order valence-electron chi connectivity index (χ0n) is 13.0. The molecule has 0 atom stereocenters. The predicted molar refractivity (Wildman–Crippen MR) is 85.6 cm³/mol. The minimum absolute atomic E-state index is 0.0510. The van der Waals surface area contributed by atoms with Crippen molar-refractivity contribution in [2.75, 3.05) is 13.1 Å². The maximum Gasteiger partial charge on any atom is 0.260 e. The van der Waals surface area contributed by atoms with Crippen LogP contribution in [0.4, 0.5) is 8.78 Å². The largest absolute Gasteiger partial charge is 0.282 e. The van der Waals surface area contributed by atoms with E-state index in [4.69, 9.17) is 11.6 Å². The lowest BCUT2D eigenvalue weighted by atomic mass is 9.97. The van der Waals surface area contributed by atoms with Crippen molar-refractivity contribution in [3.8, 4) is 11.8 Å². The normalized spacial score (nSPS) is 18.7. The number of hydrogen-bond donors (Lipinski definition) is 1. The number of likely N-dealkylation sites (tertiary alicyclic amines) is 1. The van der Waals surface area contributed by atoms with Crippen LogP contribution in [-0.4, -0.2) is 44.6 Å². The summed E-state index contributed by atoms with van der Waals surface area (Å²) in [6.07, 6.45) is 0.429. The fourth-order valence-corrected chi connectivity index (χ4v) is 2.85. The van der Waals surface area contributed by atoms with Crippen molar-refractivity contribution in [1.29, 1.82) is 0 Å². The van der Waals surface area contributed by atoms with Gasteiger partial charge in [-0.1, -0.05) is 17.5 Å². The van der Waals surface area contributed by atoms with Crippen LogP contribution in [0.3, 0.4) is 0 Å². The van der Waals surface area contributed by atoms with Gasteiger partial charge in [0.1, 0.15) is 10.8 Å². The number of hydrogen-bond acceptors (Lipinski definition) is 3. The van der Waals surface area contributed by atoms with Crippen molar-refractivity contribution in [3.63, 3.8) is 0 Å². The smallest absolute Gasteiger partial charge is 0.260 e. The second kappa shape index (κ2) is 5.73. The molecule has 3 rings (SSSR count). The summed E-state index contributed by atoms with van der Waals surface area (Å²) in [5, 5.41) is 8.01. The van der Waals surface area contributed by atoms with Gasteiger partial charge in [-0.05, 0) is 38.3 Å². The first-order chi connectivity index (χ1) is 10.8. The van der Waals surface area contributed by atoms with E-state index in [0.717, 1.165) is 5.39 Å². The number of rotatable bonds is 1. The summed E-state index contributed by atoms with van der Waals surface area (Å²) in [7, 11) is 0. The molecular formula is C16H17ClF2N4. The molecule has 3 heterocycles. The van der Waals surface area contributed by atoms with Crippen molar-refractivity contribution < 1.29 is 8.78 Å². The molecule has 1 saturated heterocycles. The number of alkyl halides is 2. The van der Waals surface area contributed by atoms with Crippen LogP contribution in [0.1, 0.15) is 32.4 Å². The molecule has 4 nitrogen and oxygen atoms in total. The van der Waals surface area contributed by atoms with Gasteiger partial charge in [0.25, 0.3) is 5.92 Å². The van der Waals surface area contributed by atoms with Gasteiger partial charge in [-0.2, -0.15) is 5.10 Å². The zero-order valence-corrected chi connectivity index (χ0v) is 13.7. The lowest BCUT2D eigenvalue weighted by molar-refractivity contribution is -0.0802. The highest BCUT2D eigenvalue weighted by Crippen LogP contribution is 2.30. The average molecular weight is 339 g/mol. The third kappa shape index (κ3) is 3.46. The Hall–Kier alpha value is -1.71. The second-order valence-electron chi connectivity index (χ2n) is 6.29. The molecule has 1 aliphatic rings. The Labute approximate surface area is 138 Å². The quantitative estimate of drug-likeness (QED) is 0.639. The maximum atomic E-state index is 13.6. The highest BCUT2D eigenvalue weighted by molar-refractivity contribution is 6.29. The number of fused-ring (bicyclic) bond motifs is 1. The van der Waals surface area contributed by atoms with Crippen molar-refractivity contribution in [3.05, 3.63) is 23.0 Å². The number of halogens is 3. The van der Waals surface area contributed by atoms with Crippen LogP contribution in [-0.2, 0) is 0 Å². The monoisotopic (exact) mass is 338 g/mol. The van der Waals surface area contributed by atoms with Gasteiger partial charge in [0.05, 0.1) is 17.5 Å². The number of H-pyrrole nitrogens is 1. The van der Waals surface area contributed by atoms with E-state index in [9.17, 15) is 8.78 Å². The molecule has 2 aromatic heterocycles. The summed E-state index contributed by atoms with van der Waals surface area (Å²) >= 11 is 5.83. The molecule has 0 unspecified atom stereocenters. The first-order valence-electron chi connectivity index (χ1n) is 7.44. The van der Waals surface area contributed by atoms with Gasteiger partial charge in [0.15, 0.2) is 5.65 Å². The molecule has 7 heteroatoms. The molecule has 2 aromatic rings. The number of nitrogens with one attached hydrogen (secondary N) is 1. The van der Waals surface area contributed by atoms with Gasteiger partial charge >= 0.3 is 0 Å².